The van der Waals surface area contributed by atoms with Crippen molar-refractivity contribution in [2.24, 2.45) is 5.92 Å². The zero-order valence-electron chi connectivity index (χ0n) is 18.0. The van der Waals surface area contributed by atoms with Crippen molar-refractivity contribution in [3.05, 3.63) is 35.9 Å². The second kappa shape index (κ2) is 10.7. The first-order valence-electron chi connectivity index (χ1n) is 11.0. The lowest BCUT2D eigenvalue weighted by molar-refractivity contribution is -0.133. The number of likely N-dealkylation sites (tertiary alicyclic amines) is 2. The Balaban J connectivity index is 1.30. The second-order valence-corrected chi connectivity index (χ2v) is 8.87. The minimum Gasteiger partial charge on any atom is -0.352 e. The minimum absolute atomic E-state index is 0.183. The highest BCUT2D eigenvalue weighted by atomic mass is 16.2. The average molecular weight is 401 g/mol. The van der Waals surface area contributed by atoms with Gasteiger partial charge >= 0.3 is 0 Å². The molecule has 2 heterocycles. The molecule has 1 aromatic rings. The van der Waals surface area contributed by atoms with Crippen LogP contribution < -0.4 is 5.32 Å². The largest absolute Gasteiger partial charge is 0.352 e. The lowest BCUT2D eigenvalue weighted by Crippen LogP contribution is -2.43. The number of likely N-dealkylation sites (N-methyl/N-ethyl adjacent to an activating group) is 1. The van der Waals surface area contributed by atoms with Crippen molar-refractivity contribution in [2.75, 3.05) is 46.8 Å². The molecule has 0 aliphatic carbocycles. The molecule has 0 bridgehead atoms. The molecule has 2 fully saturated rings. The van der Waals surface area contributed by atoms with Crippen LogP contribution in [0.2, 0.25) is 0 Å². The number of hydrogen-bond acceptors (Lipinski definition) is 4. The van der Waals surface area contributed by atoms with E-state index in [0.717, 1.165) is 58.4 Å². The van der Waals surface area contributed by atoms with E-state index in [9.17, 15) is 9.59 Å². The molecule has 6 nitrogen and oxygen atoms in total. The van der Waals surface area contributed by atoms with Crippen molar-refractivity contribution in [2.45, 2.75) is 44.7 Å². The van der Waals surface area contributed by atoms with Crippen LogP contribution in [0, 0.1) is 5.92 Å². The Labute approximate surface area is 175 Å². The Morgan fingerprint density at radius 1 is 1.07 bits per heavy atom. The first-order chi connectivity index (χ1) is 14.0. The summed E-state index contributed by atoms with van der Waals surface area (Å²) in [6.45, 7) is 5.08. The highest BCUT2D eigenvalue weighted by Crippen LogP contribution is 2.22. The van der Waals surface area contributed by atoms with Crippen LogP contribution in [0.15, 0.2) is 30.3 Å². The van der Waals surface area contributed by atoms with E-state index in [1.165, 1.54) is 5.56 Å². The first kappa shape index (κ1) is 21.8. The lowest BCUT2D eigenvalue weighted by atomic mass is 9.92. The molecule has 2 aliphatic heterocycles. The molecule has 29 heavy (non-hydrogen) atoms. The van der Waals surface area contributed by atoms with E-state index in [-0.39, 0.29) is 17.9 Å². The van der Waals surface area contributed by atoms with Gasteiger partial charge in [0.2, 0.25) is 11.8 Å². The van der Waals surface area contributed by atoms with Crippen LogP contribution in [-0.2, 0) is 16.1 Å². The van der Waals surface area contributed by atoms with Gasteiger partial charge in [0.15, 0.2) is 0 Å². The molecule has 0 radical (unpaired) electrons. The number of hydrogen-bond donors (Lipinski definition) is 1. The van der Waals surface area contributed by atoms with Crippen LogP contribution >= 0.6 is 0 Å². The molecule has 2 saturated heterocycles. The summed E-state index contributed by atoms with van der Waals surface area (Å²) in [6.07, 6.45) is 4.60. The van der Waals surface area contributed by atoms with Crippen molar-refractivity contribution in [3.63, 3.8) is 0 Å². The standard InChI is InChI=1S/C23H36N4O2/c1-25(2)18-23(29)27-14-10-19(11-15-27)8-9-22(28)24-21-12-13-26(17-21)16-20-6-4-3-5-7-20/h3-7,19,21H,8-18H2,1-2H3,(H,24,28)/t21-/m1/s1. The normalized spacial score (nSPS) is 20.9. The smallest absolute Gasteiger partial charge is 0.236 e. The van der Waals surface area contributed by atoms with Gasteiger partial charge < -0.3 is 15.1 Å². The summed E-state index contributed by atoms with van der Waals surface area (Å²) < 4.78 is 0. The van der Waals surface area contributed by atoms with Crippen molar-refractivity contribution >= 4 is 11.8 Å². The van der Waals surface area contributed by atoms with Gasteiger partial charge in [-0.15, -0.1) is 0 Å². The lowest BCUT2D eigenvalue weighted by Gasteiger charge is -2.32. The van der Waals surface area contributed by atoms with Crippen LogP contribution in [0.25, 0.3) is 0 Å². The van der Waals surface area contributed by atoms with E-state index in [1.54, 1.807) is 0 Å². The Kier molecular flexibility index (Phi) is 8.07. The topological polar surface area (TPSA) is 55.9 Å². The molecule has 0 unspecified atom stereocenters. The molecular weight excluding hydrogens is 364 g/mol. The van der Waals surface area contributed by atoms with Gasteiger partial charge in [-0.2, -0.15) is 0 Å². The molecule has 1 aromatic carbocycles. The van der Waals surface area contributed by atoms with Crippen LogP contribution in [0.1, 0.15) is 37.7 Å². The summed E-state index contributed by atoms with van der Waals surface area (Å²) >= 11 is 0. The third kappa shape index (κ3) is 7.12. The van der Waals surface area contributed by atoms with Crippen LogP contribution in [0.4, 0.5) is 0 Å². The number of carbonyl (C=O) groups excluding carboxylic acids is 2. The summed E-state index contributed by atoms with van der Waals surface area (Å²) in [4.78, 5) is 30.8. The highest BCUT2D eigenvalue weighted by Gasteiger charge is 2.26. The van der Waals surface area contributed by atoms with E-state index >= 15 is 0 Å². The summed E-state index contributed by atoms with van der Waals surface area (Å²) in [5.74, 6) is 0.956. The van der Waals surface area contributed by atoms with Crippen molar-refractivity contribution in [1.82, 2.24) is 20.0 Å². The van der Waals surface area contributed by atoms with Gasteiger partial charge in [-0.1, -0.05) is 30.3 Å². The highest BCUT2D eigenvalue weighted by molar-refractivity contribution is 5.78. The molecule has 160 valence electrons. The fourth-order valence-corrected chi connectivity index (χ4v) is 4.41. The van der Waals surface area contributed by atoms with E-state index in [4.69, 9.17) is 0 Å². The summed E-state index contributed by atoms with van der Waals surface area (Å²) in [5, 5.41) is 3.23. The third-order valence-corrected chi connectivity index (χ3v) is 6.08. The fraction of sp³-hybridized carbons (Fsp3) is 0.652. The Morgan fingerprint density at radius 3 is 2.48 bits per heavy atom. The number of rotatable bonds is 8. The third-order valence-electron chi connectivity index (χ3n) is 6.08. The molecule has 1 N–H and O–H groups in total. The van der Waals surface area contributed by atoms with E-state index in [2.05, 4.69) is 34.5 Å². The summed E-state index contributed by atoms with van der Waals surface area (Å²) in [7, 11) is 3.85. The summed E-state index contributed by atoms with van der Waals surface area (Å²) in [5.41, 5.74) is 1.33. The molecule has 0 aromatic heterocycles. The van der Waals surface area contributed by atoms with Gasteiger partial charge in [0, 0.05) is 45.2 Å². The van der Waals surface area contributed by atoms with Gasteiger partial charge in [0.05, 0.1) is 6.54 Å². The Bertz CT molecular complexity index is 656. The minimum atomic E-state index is 0.183. The van der Waals surface area contributed by atoms with Crippen LogP contribution in [0.3, 0.4) is 0 Å². The van der Waals surface area contributed by atoms with Gasteiger partial charge in [-0.3, -0.25) is 14.5 Å². The predicted octanol–water partition coefficient (Wildman–Crippen LogP) is 1.96. The maximum absolute atomic E-state index is 12.4. The van der Waals surface area contributed by atoms with Gasteiger partial charge in [0.1, 0.15) is 0 Å². The molecule has 2 amide bonds. The van der Waals surface area contributed by atoms with E-state index < -0.39 is 0 Å². The number of benzene rings is 1. The monoisotopic (exact) mass is 400 g/mol. The van der Waals surface area contributed by atoms with Crippen LogP contribution in [-0.4, -0.2) is 79.4 Å². The molecule has 3 rings (SSSR count). The predicted molar refractivity (Wildman–Crippen MR) is 115 cm³/mol. The molecule has 2 aliphatic rings. The van der Waals surface area contributed by atoms with Crippen molar-refractivity contribution in [3.8, 4) is 0 Å². The number of amides is 2. The molecule has 6 heteroatoms. The van der Waals surface area contributed by atoms with Gasteiger partial charge in [0.25, 0.3) is 0 Å². The molecule has 0 saturated carbocycles. The molecule has 0 spiro atoms. The second-order valence-electron chi connectivity index (χ2n) is 8.87. The fourth-order valence-electron chi connectivity index (χ4n) is 4.41. The van der Waals surface area contributed by atoms with E-state index in [1.807, 2.05) is 30.0 Å². The maximum atomic E-state index is 12.4. The van der Waals surface area contributed by atoms with Crippen molar-refractivity contribution < 1.29 is 9.59 Å². The molecular formula is C23H36N4O2. The Morgan fingerprint density at radius 2 is 1.79 bits per heavy atom. The number of nitrogens with one attached hydrogen (secondary N) is 1. The number of piperidine rings is 1. The number of nitrogens with zero attached hydrogens (tertiary/aromatic N) is 3. The molecule has 1 atom stereocenters. The van der Waals surface area contributed by atoms with Gasteiger partial charge in [-0.25, -0.2) is 0 Å². The van der Waals surface area contributed by atoms with E-state index in [0.29, 0.717) is 18.9 Å². The quantitative estimate of drug-likeness (QED) is 0.725. The zero-order valence-corrected chi connectivity index (χ0v) is 18.0. The summed E-state index contributed by atoms with van der Waals surface area (Å²) in [6, 6.07) is 10.8. The SMILES string of the molecule is CN(C)CC(=O)N1CCC(CCC(=O)N[C@@H]2CCN(Cc3ccccc3)C2)CC1. The van der Waals surface area contributed by atoms with Crippen molar-refractivity contribution in [1.29, 1.82) is 0 Å². The van der Waals surface area contributed by atoms with Crippen LogP contribution in [0.5, 0.6) is 0 Å². The zero-order chi connectivity index (χ0) is 20.6. The first-order valence-corrected chi connectivity index (χ1v) is 11.0. The Hall–Kier alpha value is -1.92. The average Bonchev–Trinajstić information content (AvgIpc) is 3.13. The van der Waals surface area contributed by atoms with Gasteiger partial charge in [-0.05, 0) is 51.3 Å². The number of carbonyl (C=O) groups is 2. The maximum Gasteiger partial charge on any atom is 0.236 e.